The lowest BCUT2D eigenvalue weighted by Gasteiger charge is -2.21. The van der Waals surface area contributed by atoms with Crippen molar-refractivity contribution in [2.75, 3.05) is 0 Å². The molecule has 0 aliphatic heterocycles. The van der Waals surface area contributed by atoms with E-state index >= 15 is 0 Å². The van der Waals surface area contributed by atoms with Gasteiger partial charge in [-0.1, -0.05) is 109 Å². The van der Waals surface area contributed by atoms with Crippen molar-refractivity contribution in [1.82, 2.24) is 9.97 Å². The van der Waals surface area contributed by atoms with Gasteiger partial charge in [-0.2, -0.15) is 13.2 Å². The normalized spacial score (nSPS) is 12.7. The van der Waals surface area contributed by atoms with E-state index in [1.807, 2.05) is 31.5 Å². The van der Waals surface area contributed by atoms with Crippen molar-refractivity contribution in [3.8, 4) is 11.4 Å². The smallest absolute Gasteiger partial charge is 0.364 e. The molecule has 0 radical (unpaired) electrons. The molecule has 2 rings (SSSR count). The van der Waals surface area contributed by atoms with Crippen LogP contribution in [0.5, 0.6) is 0 Å². The lowest BCUT2D eigenvalue weighted by molar-refractivity contribution is -0.225. The van der Waals surface area contributed by atoms with Crippen molar-refractivity contribution < 1.29 is 17.9 Å². The third-order valence-electron chi connectivity index (χ3n) is 6.37. The molecule has 0 aliphatic carbocycles. The third-order valence-corrected chi connectivity index (χ3v) is 6.37. The van der Waals surface area contributed by atoms with Crippen molar-refractivity contribution in [2.45, 2.75) is 123 Å². The zero-order valence-corrected chi connectivity index (χ0v) is 21.6. The van der Waals surface area contributed by atoms with Crippen LogP contribution in [0.15, 0.2) is 36.7 Å². The summed E-state index contributed by atoms with van der Waals surface area (Å²) in [5.74, 6) is 0.626. The Hall–Kier alpha value is -1.95. The Kier molecular flexibility index (Phi) is 13.9. The van der Waals surface area contributed by atoms with E-state index in [4.69, 9.17) is 4.74 Å². The molecule has 0 fully saturated rings. The predicted molar refractivity (Wildman–Crippen MR) is 137 cm³/mol. The first-order valence-corrected chi connectivity index (χ1v) is 13.5. The van der Waals surface area contributed by atoms with E-state index < -0.39 is 12.3 Å². The first-order valence-electron chi connectivity index (χ1n) is 13.5. The monoisotopic (exact) mass is 492 g/mol. The van der Waals surface area contributed by atoms with Gasteiger partial charge in [0, 0.05) is 18.0 Å². The maximum absolute atomic E-state index is 13.3. The molecule has 1 heterocycles. The van der Waals surface area contributed by atoms with E-state index in [1.165, 1.54) is 44.9 Å². The Balaban J connectivity index is 1.76. The fourth-order valence-corrected chi connectivity index (χ4v) is 4.14. The number of hydrogen-bond donors (Lipinski definition) is 0. The van der Waals surface area contributed by atoms with Crippen LogP contribution in [0.4, 0.5) is 13.2 Å². The number of aryl methyl sites for hydroxylation is 1. The summed E-state index contributed by atoms with van der Waals surface area (Å²) >= 11 is 0. The highest BCUT2D eigenvalue weighted by Gasteiger charge is 2.40. The molecular formula is C29H43F3N2O. The number of unbranched alkanes of at least 4 members (excludes halogenated alkanes) is 10. The quantitative estimate of drug-likeness (QED) is 0.195. The highest BCUT2D eigenvalue weighted by atomic mass is 19.4. The fraction of sp³-hybridized carbons (Fsp3) is 0.655. The van der Waals surface area contributed by atoms with Gasteiger partial charge in [0.05, 0.1) is 6.61 Å². The van der Waals surface area contributed by atoms with E-state index in [0.29, 0.717) is 17.8 Å². The molecule has 0 bridgehead atoms. The number of hydrogen-bond acceptors (Lipinski definition) is 3. The summed E-state index contributed by atoms with van der Waals surface area (Å²) in [6.07, 6.45) is 12.4. The Morgan fingerprint density at radius 1 is 0.714 bits per heavy atom. The number of aromatic nitrogens is 2. The maximum atomic E-state index is 13.3. The summed E-state index contributed by atoms with van der Waals surface area (Å²) < 4.78 is 45.1. The standard InChI is InChI=1S/C29H43F3N2O/c1-3-5-7-9-10-11-12-13-15-25-21-33-28(34-22-25)26-19-17-24(18-20-26)23-35-27(29(30,31)32)16-14-8-6-4-2/h17-22,27H,3-16,23H2,1-2H3. The van der Waals surface area contributed by atoms with Crippen molar-refractivity contribution in [1.29, 1.82) is 0 Å². The highest BCUT2D eigenvalue weighted by molar-refractivity contribution is 5.55. The van der Waals surface area contributed by atoms with Crippen LogP contribution >= 0.6 is 0 Å². The molecule has 35 heavy (non-hydrogen) atoms. The van der Waals surface area contributed by atoms with E-state index in [9.17, 15) is 13.2 Å². The Morgan fingerprint density at radius 2 is 1.26 bits per heavy atom. The lowest BCUT2D eigenvalue weighted by atomic mass is 10.1. The molecule has 0 amide bonds. The van der Waals surface area contributed by atoms with Crippen LogP contribution in [0.25, 0.3) is 11.4 Å². The number of rotatable bonds is 18. The molecule has 1 aromatic carbocycles. The molecule has 0 N–H and O–H groups in total. The number of halogens is 3. The molecule has 2 aromatic rings. The molecule has 1 aromatic heterocycles. The minimum atomic E-state index is -4.34. The molecule has 1 unspecified atom stereocenters. The first kappa shape index (κ1) is 29.3. The van der Waals surface area contributed by atoms with Crippen LogP contribution in [-0.2, 0) is 17.8 Å². The topological polar surface area (TPSA) is 35.0 Å². The first-order chi connectivity index (χ1) is 16.9. The van der Waals surface area contributed by atoms with E-state index in [0.717, 1.165) is 43.2 Å². The van der Waals surface area contributed by atoms with E-state index in [2.05, 4.69) is 16.9 Å². The Morgan fingerprint density at radius 3 is 1.83 bits per heavy atom. The molecule has 0 spiro atoms. The number of alkyl halides is 3. The second-order valence-corrected chi connectivity index (χ2v) is 9.53. The van der Waals surface area contributed by atoms with Crippen molar-refractivity contribution in [3.63, 3.8) is 0 Å². The maximum Gasteiger partial charge on any atom is 0.414 e. The molecule has 1 atom stereocenters. The second kappa shape index (κ2) is 16.7. The van der Waals surface area contributed by atoms with Crippen LogP contribution in [0, 0.1) is 0 Å². The van der Waals surface area contributed by atoms with E-state index in [1.54, 1.807) is 12.1 Å². The Labute approximate surface area is 209 Å². The van der Waals surface area contributed by atoms with Crippen LogP contribution < -0.4 is 0 Å². The zero-order valence-electron chi connectivity index (χ0n) is 21.6. The van der Waals surface area contributed by atoms with Gasteiger partial charge in [-0.05, 0) is 30.4 Å². The predicted octanol–water partition coefficient (Wildman–Crippen LogP) is 9.24. The largest absolute Gasteiger partial charge is 0.414 e. The average Bonchev–Trinajstić information content (AvgIpc) is 2.85. The average molecular weight is 493 g/mol. The van der Waals surface area contributed by atoms with Gasteiger partial charge in [0.25, 0.3) is 0 Å². The molecule has 6 heteroatoms. The molecule has 0 saturated heterocycles. The highest BCUT2D eigenvalue weighted by Crippen LogP contribution is 2.28. The van der Waals surface area contributed by atoms with Crippen LogP contribution in [0.1, 0.15) is 108 Å². The van der Waals surface area contributed by atoms with Gasteiger partial charge >= 0.3 is 6.18 Å². The third kappa shape index (κ3) is 12.0. The van der Waals surface area contributed by atoms with Gasteiger partial charge in [0.2, 0.25) is 0 Å². The minimum absolute atomic E-state index is 0.0146. The van der Waals surface area contributed by atoms with Crippen molar-refractivity contribution >= 4 is 0 Å². The zero-order chi connectivity index (χ0) is 25.4. The number of ether oxygens (including phenoxy) is 1. The van der Waals surface area contributed by atoms with Crippen LogP contribution in [0.2, 0.25) is 0 Å². The molecular weight excluding hydrogens is 449 g/mol. The van der Waals surface area contributed by atoms with Gasteiger partial charge in [-0.15, -0.1) is 0 Å². The SMILES string of the molecule is CCCCCCCCCCc1cnc(-c2ccc(COC(CCCCCC)C(F)(F)F)cc2)nc1. The molecule has 0 aliphatic rings. The summed E-state index contributed by atoms with van der Waals surface area (Å²) in [5.41, 5.74) is 2.70. The van der Waals surface area contributed by atoms with Gasteiger partial charge in [0.1, 0.15) is 0 Å². The summed E-state index contributed by atoms with van der Waals surface area (Å²) in [5, 5.41) is 0. The van der Waals surface area contributed by atoms with Crippen LogP contribution in [-0.4, -0.2) is 22.2 Å². The minimum Gasteiger partial charge on any atom is -0.364 e. The van der Waals surface area contributed by atoms with Crippen molar-refractivity contribution in [3.05, 3.63) is 47.8 Å². The number of nitrogens with zero attached hydrogens (tertiary/aromatic N) is 2. The molecule has 3 nitrogen and oxygen atoms in total. The Bertz CT molecular complexity index is 791. The van der Waals surface area contributed by atoms with Gasteiger partial charge < -0.3 is 4.74 Å². The summed E-state index contributed by atoms with van der Waals surface area (Å²) in [6.45, 7) is 4.22. The second-order valence-electron chi connectivity index (χ2n) is 9.53. The van der Waals surface area contributed by atoms with Gasteiger partial charge in [0.15, 0.2) is 11.9 Å². The molecule has 196 valence electrons. The number of benzene rings is 1. The fourth-order valence-electron chi connectivity index (χ4n) is 4.14. The summed E-state index contributed by atoms with van der Waals surface area (Å²) in [4.78, 5) is 8.98. The van der Waals surface area contributed by atoms with Crippen molar-refractivity contribution in [2.24, 2.45) is 0 Å². The van der Waals surface area contributed by atoms with E-state index in [-0.39, 0.29) is 13.0 Å². The van der Waals surface area contributed by atoms with Gasteiger partial charge in [-0.25, -0.2) is 9.97 Å². The summed E-state index contributed by atoms with van der Waals surface area (Å²) in [6, 6.07) is 7.27. The molecule has 0 saturated carbocycles. The summed E-state index contributed by atoms with van der Waals surface area (Å²) in [7, 11) is 0. The lowest BCUT2D eigenvalue weighted by Crippen LogP contribution is -2.31. The van der Waals surface area contributed by atoms with Crippen LogP contribution in [0.3, 0.4) is 0 Å². The van der Waals surface area contributed by atoms with Gasteiger partial charge in [-0.3, -0.25) is 0 Å².